The SMILES string of the molecule is CSC1CCCC1n1c(CCl)nc2cccnc21. The lowest BCUT2D eigenvalue weighted by atomic mass is 10.2. The Hall–Kier alpha value is -0.740. The van der Waals surface area contributed by atoms with Gasteiger partial charge in [-0.25, -0.2) is 9.97 Å². The van der Waals surface area contributed by atoms with Crippen LogP contribution in [0, 0.1) is 0 Å². The molecule has 1 aliphatic carbocycles. The normalized spacial score (nSPS) is 23.9. The summed E-state index contributed by atoms with van der Waals surface area (Å²) in [6.45, 7) is 0. The number of fused-ring (bicyclic) bond motifs is 1. The maximum absolute atomic E-state index is 6.05. The van der Waals surface area contributed by atoms with Gasteiger partial charge in [0.2, 0.25) is 0 Å². The van der Waals surface area contributed by atoms with Gasteiger partial charge in [-0.1, -0.05) is 6.42 Å². The largest absolute Gasteiger partial charge is 0.307 e. The fourth-order valence-corrected chi connectivity index (χ4v) is 4.06. The number of rotatable bonds is 3. The summed E-state index contributed by atoms with van der Waals surface area (Å²) in [5, 5.41) is 0.659. The van der Waals surface area contributed by atoms with Crippen molar-refractivity contribution in [3.63, 3.8) is 0 Å². The zero-order valence-electron chi connectivity index (χ0n) is 10.3. The molecular weight excluding hydrogens is 266 g/mol. The molecule has 5 heteroatoms. The summed E-state index contributed by atoms with van der Waals surface area (Å²) in [6.07, 6.45) is 7.79. The van der Waals surface area contributed by atoms with E-state index in [-0.39, 0.29) is 0 Å². The highest BCUT2D eigenvalue weighted by Crippen LogP contribution is 2.39. The number of thioether (sulfide) groups is 1. The lowest BCUT2D eigenvalue weighted by Crippen LogP contribution is -2.18. The zero-order valence-corrected chi connectivity index (χ0v) is 11.9. The van der Waals surface area contributed by atoms with E-state index in [9.17, 15) is 0 Å². The second kappa shape index (κ2) is 5.10. The number of nitrogens with zero attached hydrogens (tertiary/aromatic N) is 3. The van der Waals surface area contributed by atoms with Crippen molar-refractivity contribution in [1.82, 2.24) is 14.5 Å². The third-order valence-corrected chi connectivity index (χ3v) is 5.09. The second-order valence-electron chi connectivity index (χ2n) is 4.65. The lowest BCUT2D eigenvalue weighted by molar-refractivity contribution is 0.524. The van der Waals surface area contributed by atoms with E-state index in [2.05, 4.69) is 20.8 Å². The molecule has 2 heterocycles. The Labute approximate surface area is 116 Å². The third kappa shape index (κ3) is 1.91. The molecule has 1 fully saturated rings. The molecule has 0 aromatic carbocycles. The van der Waals surface area contributed by atoms with E-state index < -0.39 is 0 Å². The topological polar surface area (TPSA) is 30.7 Å². The van der Waals surface area contributed by atoms with Crippen molar-refractivity contribution in [3.05, 3.63) is 24.2 Å². The Morgan fingerprint density at radius 1 is 1.50 bits per heavy atom. The van der Waals surface area contributed by atoms with Crippen molar-refractivity contribution in [2.75, 3.05) is 6.26 Å². The molecule has 0 radical (unpaired) electrons. The molecule has 96 valence electrons. The summed E-state index contributed by atoms with van der Waals surface area (Å²) in [4.78, 5) is 9.10. The van der Waals surface area contributed by atoms with Gasteiger partial charge >= 0.3 is 0 Å². The Kier molecular flexibility index (Phi) is 3.48. The number of imidazole rings is 1. The molecule has 18 heavy (non-hydrogen) atoms. The van der Waals surface area contributed by atoms with Gasteiger partial charge in [0, 0.05) is 17.5 Å². The highest BCUT2D eigenvalue weighted by Gasteiger charge is 2.31. The van der Waals surface area contributed by atoms with Gasteiger partial charge in [0.15, 0.2) is 5.65 Å². The Bertz CT molecular complexity index is 554. The zero-order chi connectivity index (χ0) is 12.5. The Morgan fingerprint density at radius 3 is 3.17 bits per heavy atom. The molecule has 3 nitrogen and oxygen atoms in total. The van der Waals surface area contributed by atoms with Crippen molar-refractivity contribution in [3.8, 4) is 0 Å². The van der Waals surface area contributed by atoms with E-state index in [1.54, 1.807) is 0 Å². The van der Waals surface area contributed by atoms with Gasteiger partial charge in [-0.3, -0.25) is 0 Å². The number of pyridine rings is 1. The average molecular weight is 282 g/mol. The smallest absolute Gasteiger partial charge is 0.160 e. The molecule has 2 unspecified atom stereocenters. The monoisotopic (exact) mass is 281 g/mol. The van der Waals surface area contributed by atoms with E-state index in [1.165, 1.54) is 19.3 Å². The number of hydrogen-bond acceptors (Lipinski definition) is 3. The molecule has 0 amide bonds. The molecule has 3 rings (SSSR count). The van der Waals surface area contributed by atoms with Crippen LogP contribution in [0.25, 0.3) is 11.2 Å². The quantitative estimate of drug-likeness (QED) is 0.805. The predicted molar refractivity (Wildman–Crippen MR) is 77.3 cm³/mol. The maximum Gasteiger partial charge on any atom is 0.160 e. The Morgan fingerprint density at radius 2 is 2.39 bits per heavy atom. The van der Waals surface area contributed by atoms with Crippen LogP contribution >= 0.6 is 23.4 Å². The molecule has 0 bridgehead atoms. The van der Waals surface area contributed by atoms with Crippen LogP contribution in [0.4, 0.5) is 0 Å². The van der Waals surface area contributed by atoms with E-state index in [0.717, 1.165) is 17.0 Å². The van der Waals surface area contributed by atoms with Gasteiger partial charge in [0.05, 0.1) is 5.88 Å². The molecule has 2 aromatic rings. The average Bonchev–Trinajstić information content (AvgIpc) is 3.01. The maximum atomic E-state index is 6.05. The molecule has 2 atom stereocenters. The second-order valence-corrected chi connectivity index (χ2v) is 5.99. The molecule has 0 saturated heterocycles. The summed E-state index contributed by atoms with van der Waals surface area (Å²) in [7, 11) is 0. The first-order valence-corrected chi connectivity index (χ1v) is 8.08. The highest BCUT2D eigenvalue weighted by molar-refractivity contribution is 7.99. The van der Waals surface area contributed by atoms with E-state index in [1.807, 2.05) is 30.1 Å². The molecular formula is C13H16ClN3S. The van der Waals surface area contributed by atoms with Crippen LogP contribution in [0.3, 0.4) is 0 Å². The number of aromatic nitrogens is 3. The molecule has 0 N–H and O–H groups in total. The van der Waals surface area contributed by atoms with Gasteiger partial charge in [0.25, 0.3) is 0 Å². The summed E-state index contributed by atoms with van der Waals surface area (Å²) < 4.78 is 2.27. The van der Waals surface area contributed by atoms with E-state index in [4.69, 9.17) is 11.6 Å². The minimum absolute atomic E-state index is 0.452. The predicted octanol–water partition coefficient (Wildman–Crippen LogP) is 3.63. The summed E-state index contributed by atoms with van der Waals surface area (Å²) >= 11 is 8.00. The molecule has 0 aliphatic heterocycles. The van der Waals surface area contributed by atoms with Crippen molar-refractivity contribution >= 4 is 34.5 Å². The van der Waals surface area contributed by atoms with Crippen molar-refractivity contribution in [2.24, 2.45) is 0 Å². The molecule has 1 aliphatic rings. The van der Waals surface area contributed by atoms with Crippen molar-refractivity contribution < 1.29 is 0 Å². The van der Waals surface area contributed by atoms with Gasteiger partial charge in [-0.05, 0) is 31.2 Å². The fourth-order valence-electron chi connectivity index (χ4n) is 2.90. The molecule has 2 aromatic heterocycles. The summed E-state index contributed by atoms with van der Waals surface area (Å²) in [6, 6.07) is 4.43. The van der Waals surface area contributed by atoms with Crippen LogP contribution < -0.4 is 0 Å². The van der Waals surface area contributed by atoms with Crippen LogP contribution in [0.15, 0.2) is 18.3 Å². The lowest BCUT2D eigenvalue weighted by Gasteiger charge is -2.21. The van der Waals surface area contributed by atoms with Gasteiger partial charge < -0.3 is 4.57 Å². The third-order valence-electron chi connectivity index (χ3n) is 3.69. The highest BCUT2D eigenvalue weighted by atomic mass is 35.5. The first kappa shape index (κ1) is 12.3. The van der Waals surface area contributed by atoms with Gasteiger partial charge in [-0.2, -0.15) is 11.8 Å². The Balaban J connectivity index is 2.14. The van der Waals surface area contributed by atoms with Crippen molar-refractivity contribution in [1.29, 1.82) is 0 Å². The van der Waals surface area contributed by atoms with Gasteiger partial charge in [-0.15, -0.1) is 11.6 Å². The molecule has 1 saturated carbocycles. The van der Waals surface area contributed by atoms with Crippen LogP contribution in [0.2, 0.25) is 0 Å². The van der Waals surface area contributed by atoms with E-state index in [0.29, 0.717) is 17.2 Å². The summed E-state index contributed by atoms with van der Waals surface area (Å²) in [5.41, 5.74) is 1.94. The van der Waals surface area contributed by atoms with Gasteiger partial charge in [0.1, 0.15) is 11.3 Å². The van der Waals surface area contributed by atoms with Crippen LogP contribution in [0.5, 0.6) is 0 Å². The minimum Gasteiger partial charge on any atom is -0.307 e. The molecule has 0 spiro atoms. The number of halogens is 1. The van der Waals surface area contributed by atoms with E-state index >= 15 is 0 Å². The van der Waals surface area contributed by atoms with Crippen molar-refractivity contribution in [2.45, 2.75) is 36.4 Å². The first-order valence-electron chi connectivity index (χ1n) is 6.25. The van der Waals surface area contributed by atoms with Crippen LogP contribution in [-0.4, -0.2) is 26.0 Å². The minimum atomic E-state index is 0.452. The first-order chi connectivity index (χ1) is 8.85. The van der Waals surface area contributed by atoms with Crippen LogP contribution in [-0.2, 0) is 5.88 Å². The summed E-state index contributed by atoms with van der Waals surface area (Å²) in [5.74, 6) is 1.41. The fraction of sp³-hybridized carbons (Fsp3) is 0.538. The number of alkyl halides is 1. The number of hydrogen-bond donors (Lipinski definition) is 0. The standard InChI is InChI=1S/C13H16ClN3S/c1-18-11-6-2-5-10(11)17-12(8-14)16-9-4-3-7-15-13(9)17/h3-4,7,10-11H,2,5-6,8H2,1H3. The van der Waals surface area contributed by atoms with Crippen LogP contribution in [0.1, 0.15) is 31.1 Å².